The van der Waals surface area contributed by atoms with Gasteiger partial charge in [0.2, 0.25) is 0 Å². The van der Waals surface area contributed by atoms with Crippen molar-refractivity contribution in [2.75, 3.05) is 7.11 Å². The van der Waals surface area contributed by atoms with E-state index in [1.807, 2.05) is 42.5 Å². The maximum Gasteiger partial charge on any atom is 0.126 e. The highest BCUT2D eigenvalue weighted by molar-refractivity contribution is 5.73. The van der Waals surface area contributed by atoms with Crippen LogP contribution in [0.5, 0.6) is 11.5 Å². The van der Waals surface area contributed by atoms with Crippen LogP contribution in [-0.2, 0) is 0 Å². The van der Waals surface area contributed by atoms with Crippen LogP contribution in [0.15, 0.2) is 48.5 Å². The lowest BCUT2D eigenvalue weighted by atomic mass is 10.1. The van der Waals surface area contributed by atoms with Gasteiger partial charge in [0.05, 0.1) is 7.11 Å². The largest absolute Gasteiger partial charge is 0.508 e. The second-order valence-corrected chi connectivity index (χ2v) is 3.67. The summed E-state index contributed by atoms with van der Waals surface area (Å²) in [5.74, 6) is 0.980. The van der Waals surface area contributed by atoms with Crippen molar-refractivity contribution in [2.24, 2.45) is 0 Å². The molecule has 0 radical (unpaired) electrons. The molecule has 0 unspecified atom stereocenters. The van der Waals surface area contributed by atoms with Gasteiger partial charge >= 0.3 is 0 Å². The molecule has 86 valence electrons. The molecular weight excluding hydrogens is 212 g/mol. The quantitative estimate of drug-likeness (QED) is 0.811. The molecule has 0 aliphatic heterocycles. The lowest BCUT2D eigenvalue weighted by Gasteiger charge is -2.04. The predicted octanol–water partition coefficient (Wildman–Crippen LogP) is 3.57. The smallest absolute Gasteiger partial charge is 0.126 e. The Kier molecular flexibility index (Phi) is 3.46. The number of aromatic hydroxyl groups is 1. The van der Waals surface area contributed by atoms with Crippen LogP contribution in [0.1, 0.15) is 11.1 Å². The van der Waals surface area contributed by atoms with Crippen molar-refractivity contribution in [1.29, 1.82) is 0 Å². The van der Waals surface area contributed by atoms with Crippen LogP contribution in [0.4, 0.5) is 0 Å². The van der Waals surface area contributed by atoms with Crippen LogP contribution < -0.4 is 4.74 Å². The number of rotatable bonds is 3. The zero-order valence-electron chi connectivity index (χ0n) is 9.63. The van der Waals surface area contributed by atoms with Gasteiger partial charge in [0.1, 0.15) is 11.5 Å². The molecule has 2 aromatic rings. The van der Waals surface area contributed by atoms with E-state index < -0.39 is 0 Å². The van der Waals surface area contributed by atoms with Gasteiger partial charge in [-0.2, -0.15) is 0 Å². The van der Waals surface area contributed by atoms with Gasteiger partial charge in [-0.25, -0.2) is 0 Å². The molecule has 0 heterocycles. The SMILES string of the molecule is COc1ccc(O)cc1/C=C\c1ccccc1. The Balaban J connectivity index is 2.29. The number of hydrogen-bond donors (Lipinski definition) is 1. The zero-order chi connectivity index (χ0) is 12.1. The van der Waals surface area contributed by atoms with E-state index in [0.717, 1.165) is 16.9 Å². The van der Waals surface area contributed by atoms with Crippen molar-refractivity contribution in [3.63, 3.8) is 0 Å². The molecule has 0 amide bonds. The third kappa shape index (κ3) is 2.88. The Bertz CT molecular complexity index is 516. The number of phenolic OH excluding ortho intramolecular Hbond substituents is 1. The predicted molar refractivity (Wildman–Crippen MR) is 70.0 cm³/mol. The van der Waals surface area contributed by atoms with E-state index in [1.165, 1.54) is 0 Å². The summed E-state index contributed by atoms with van der Waals surface area (Å²) < 4.78 is 5.23. The molecule has 0 atom stereocenters. The van der Waals surface area contributed by atoms with Gasteiger partial charge < -0.3 is 9.84 Å². The van der Waals surface area contributed by atoms with Crippen LogP contribution in [0, 0.1) is 0 Å². The average molecular weight is 226 g/mol. The van der Waals surface area contributed by atoms with Gasteiger partial charge in [0.25, 0.3) is 0 Å². The third-order valence-corrected chi connectivity index (χ3v) is 2.47. The highest BCUT2D eigenvalue weighted by Crippen LogP contribution is 2.25. The minimum absolute atomic E-state index is 0.235. The van der Waals surface area contributed by atoms with Gasteiger partial charge in [0.15, 0.2) is 0 Å². The summed E-state index contributed by atoms with van der Waals surface area (Å²) in [6, 6.07) is 15.0. The second-order valence-electron chi connectivity index (χ2n) is 3.67. The monoisotopic (exact) mass is 226 g/mol. The van der Waals surface area contributed by atoms with Crippen molar-refractivity contribution >= 4 is 12.2 Å². The average Bonchev–Trinajstić information content (AvgIpc) is 2.38. The fourth-order valence-electron chi connectivity index (χ4n) is 1.60. The standard InChI is InChI=1S/C15H14O2/c1-17-15-10-9-14(16)11-13(15)8-7-12-5-3-2-4-6-12/h2-11,16H,1H3/b8-7-. The highest BCUT2D eigenvalue weighted by atomic mass is 16.5. The molecule has 0 aromatic heterocycles. The molecule has 0 bridgehead atoms. The summed E-state index contributed by atoms with van der Waals surface area (Å²) in [7, 11) is 1.62. The first-order valence-electron chi connectivity index (χ1n) is 5.40. The second kappa shape index (κ2) is 5.21. The van der Waals surface area contributed by atoms with Crippen LogP contribution in [0.25, 0.3) is 12.2 Å². The van der Waals surface area contributed by atoms with Crippen molar-refractivity contribution < 1.29 is 9.84 Å². The Morgan fingerprint density at radius 2 is 1.76 bits per heavy atom. The van der Waals surface area contributed by atoms with E-state index in [1.54, 1.807) is 25.3 Å². The van der Waals surface area contributed by atoms with Gasteiger partial charge in [-0.1, -0.05) is 42.5 Å². The Morgan fingerprint density at radius 1 is 1.00 bits per heavy atom. The molecule has 2 nitrogen and oxygen atoms in total. The molecule has 0 fully saturated rings. The lowest BCUT2D eigenvalue weighted by Crippen LogP contribution is -1.85. The molecule has 17 heavy (non-hydrogen) atoms. The summed E-state index contributed by atoms with van der Waals surface area (Å²) in [5.41, 5.74) is 1.97. The Morgan fingerprint density at radius 3 is 2.47 bits per heavy atom. The molecule has 1 N–H and O–H groups in total. The van der Waals surface area contributed by atoms with E-state index in [4.69, 9.17) is 4.74 Å². The van der Waals surface area contributed by atoms with Crippen LogP contribution >= 0.6 is 0 Å². The van der Waals surface area contributed by atoms with Gasteiger partial charge in [-0.05, 0) is 23.8 Å². The molecule has 2 rings (SSSR count). The molecule has 0 aliphatic rings. The van der Waals surface area contributed by atoms with Gasteiger partial charge in [-0.3, -0.25) is 0 Å². The highest BCUT2D eigenvalue weighted by Gasteiger charge is 2.00. The van der Waals surface area contributed by atoms with Gasteiger partial charge in [-0.15, -0.1) is 0 Å². The number of hydrogen-bond acceptors (Lipinski definition) is 2. The van der Waals surface area contributed by atoms with Crippen molar-refractivity contribution in [2.45, 2.75) is 0 Å². The lowest BCUT2D eigenvalue weighted by molar-refractivity contribution is 0.411. The van der Waals surface area contributed by atoms with Gasteiger partial charge in [0, 0.05) is 5.56 Å². The molecule has 2 heteroatoms. The van der Waals surface area contributed by atoms with Crippen molar-refractivity contribution in [1.82, 2.24) is 0 Å². The number of benzene rings is 2. The van der Waals surface area contributed by atoms with E-state index in [0.29, 0.717) is 0 Å². The Labute approximate surface area is 101 Å². The van der Waals surface area contributed by atoms with E-state index >= 15 is 0 Å². The topological polar surface area (TPSA) is 29.5 Å². The molecule has 0 saturated heterocycles. The molecule has 2 aromatic carbocycles. The van der Waals surface area contributed by atoms with Crippen LogP contribution in [0.2, 0.25) is 0 Å². The first-order valence-corrected chi connectivity index (χ1v) is 5.40. The summed E-state index contributed by atoms with van der Waals surface area (Å²) in [5, 5.41) is 9.44. The van der Waals surface area contributed by atoms with Crippen molar-refractivity contribution in [3.05, 3.63) is 59.7 Å². The Hall–Kier alpha value is -2.22. The third-order valence-electron chi connectivity index (χ3n) is 2.47. The maximum atomic E-state index is 9.44. The number of methoxy groups -OCH3 is 1. The van der Waals surface area contributed by atoms with Crippen LogP contribution in [-0.4, -0.2) is 12.2 Å². The normalized spacial score (nSPS) is 10.6. The van der Waals surface area contributed by atoms with E-state index in [-0.39, 0.29) is 5.75 Å². The number of ether oxygens (including phenoxy) is 1. The molecular formula is C15H14O2. The summed E-state index contributed by atoms with van der Waals surface area (Å²) in [6.07, 6.45) is 3.91. The molecule has 0 saturated carbocycles. The minimum Gasteiger partial charge on any atom is -0.508 e. The summed E-state index contributed by atoms with van der Waals surface area (Å²) in [4.78, 5) is 0. The first kappa shape index (κ1) is 11.3. The van der Waals surface area contributed by atoms with E-state index in [2.05, 4.69) is 0 Å². The summed E-state index contributed by atoms with van der Waals surface area (Å²) in [6.45, 7) is 0. The summed E-state index contributed by atoms with van der Waals surface area (Å²) >= 11 is 0. The fourth-order valence-corrected chi connectivity index (χ4v) is 1.60. The van der Waals surface area contributed by atoms with E-state index in [9.17, 15) is 5.11 Å². The minimum atomic E-state index is 0.235. The van der Waals surface area contributed by atoms with Crippen molar-refractivity contribution in [3.8, 4) is 11.5 Å². The molecule has 0 spiro atoms. The van der Waals surface area contributed by atoms with Crippen LogP contribution in [0.3, 0.4) is 0 Å². The fraction of sp³-hybridized carbons (Fsp3) is 0.0667. The molecule has 0 aliphatic carbocycles. The zero-order valence-corrected chi connectivity index (χ0v) is 9.63. The maximum absolute atomic E-state index is 9.44. The number of phenols is 1. The first-order chi connectivity index (χ1) is 8.29.